The van der Waals surface area contributed by atoms with Crippen LogP contribution < -0.4 is 19.7 Å². The minimum absolute atomic E-state index is 0. The highest BCUT2D eigenvalue weighted by Crippen LogP contribution is 2.52. The lowest BCUT2D eigenvalue weighted by Gasteiger charge is -2.59. The first-order chi connectivity index (χ1) is 21.3. The summed E-state index contributed by atoms with van der Waals surface area (Å²) >= 11 is 0. The Morgan fingerprint density at radius 3 is 2.71 bits per heavy atom. The normalized spacial score (nSPS) is 17.2. The van der Waals surface area contributed by atoms with Crippen molar-refractivity contribution in [2.24, 2.45) is 5.41 Å². The van der Waals surface area contributed by atoms with Crippen LogP contribution in [0.15, 0.2) is 43.0 Å². The monoisotopic (exact) mass is 639 g/mol. The van der Waals surface area contributed by atoms with Gasteiger partial charge in [0.2, 0.25) is 0 Å². The van der Waals surface area contributed by atoms with E-state index in [0.717, 1.165) is 70.0 Å². The van der Waals surface area contributed by atoms with Gasteiger partial charge in [0, 0.05) is 81.1 Å². The van der Waals surface area contributed by atoms with Gasteiger partial charge in [0.25, 0.3) is 5.91 Å². The van der Waals surface area contributed by atoms with Crippen LogP contribution in [-0.2, 0) is 13.0 Å². The number of nitrogens with one attached hydrogen (secondary N) is 1. The number of likely N-dealkylation sites (N-methyl/N-ethyl adjacent to an activating group) is 1. The van der Waals surface area contributed by atoms with Crippen molar-refractivity contribution in [1.29, 1.82) is 0 Å². The van der Waals surface area contributed by atoms with E-state index in [2.05, 4.69) is 30.1 Å². The Morgan fingerprint density at radius 1 is 1.18 bits per heavy atom. The van der Waals surface area contributed by atoms with Crippen LogP contribution in [-0.4, -0.2) is 89.1 Å². The van der Waals surface area contributed by atoms with Gasteiger partial charge >= 0.3 is 0 Å². The molecular weight excluding hydrogens is 597 g/mol. The topological polar surface area (TPSA) is 96.0 Å². The Balaban J connectivity index is 0.00000400. The van der Waals surface area contributed by atoms with Gasteiger partial charge in [-0.05, 0) is 64.9 Å². The van der Waals surface area contributed by atoms with Gasteiger partial charge in [0.1, 0.15) is 29.7 Å². The third-order valence-electron chi connectivity index (χ3n) is 9.07. The quantitative estimate of drug-likeness (QED) is 0.320. The van der Waals surface area contributed by atoms with E-state index < -0.39 is 5.82 Å². The van der Waals surface area contributed by atoms with Gasteiger partial charge in [-0.2, -0.15) is 0 Å². The minimum atomic E-state index is -0.491. The summed E-state index contributed by atoms with van der Waals surface area (Å²) in [7, 11) is 1.99. The van der Waals surface area contributed by atoms with Crippen LogP contribution in [0.3, 0.4) is 0 Å². The number of ether oxygens (including phenoxy) is 2. The molecule has 1 N–H and O–H groups in total. The number of hydrogen-bond acceptors (Lipinski definition) is 9. The van der Waals surface area contributed by atoms with Gasteiger partial charge in [-0.25, -0.2) is 14.4 Å². The van der Waals surface area contributed by atoms with Crippen molar-refractivity contribution in [3.05, 3.63) is 65.6 Å². The van der Waals surface area contributed by atoms with Crippen molar-refractivity contribution in [2.45, 2.75) is 58.7 Å². The van der Waals surface area contributed by atoms with Gasteiger partial charge in [0.05, 0.1) is 11.8 Å². The first-order valence-corrected chi connectivity index (χ1v) is 15.6. The molecule has 242 valence electrons. The summed E-state index contributed by atoms with van der Waals surface area (Å²) in [5.41, 5.74) is 2.73. The molecule has 3 aliphatic rings. The van der Waals surface area contributed by atoms with Crippen molar-refractivity contribution < 1.29 is 18.7 Å². The second kappa shape index (κ2) is 13.8. The van der Waals surface area contributed by atoms with Crippen LogP contribution in [0, 0.1) is 11.2 Å². The van der Waals surface area contributed by atoms with Crippen molar-refractivity contribution in [1.82, 2.24) is 30.1 Å². The Hall–Kier alpha value is -3.54. The van der Waals surface area contributed by atoms with Gasteiger partial charge < -0.3 is 24.6 Å². The molecule has 1 saturated carbocycles. The smallest absolute Gasteiger partial charge is 0.257 e. The molecule has 4 heterocycles. The maximum atomic E-state index is 14.3. The van der Waals surface area contributed by atoms with E-state index in [9.17, 15) is 9.18 Å². The number of benzene rings is 1. The lowest BCUT2D eigenvalue weighted by molar-refractivity contribution is -0.0352. The standard InChI is InChI=1S/C33H42FN7O3.ClH/c1-5-41(22(2)3)32(42)25-14-23(34)6-7-28(25)44-30-17-36-21-38-31(30)40-19-33(20-40)15-24(16-33)43-29-8-10-37-27-9-12-39(13-11-35-4)18-26(27)29;/h6-8,10,14,17,21-22,24,35H,5,9,11-13,15-16,18-20H2,1-4H3;1H. The van der Waals surface area contributed by atoms with Crippen molar-refractivity contribution in [3.8, 4) is 17.2 Å². The molecule has 1 amide bonds. The van der Waals surface area contributed by atoms with Crippen LogP contribution in [0.25, 0.3) is 0 Å². The molecular formula is C33H43ClFN7O3. The Kier molecular flexibility index (Phi) is 10.1. The first kappa shape index (κ1) is 32.8. The van der Waals surface area contributed by atoms with Crippen molar-refractivity contribution >= 4 is 24.1 Å². The molecule has 45 heavy (non-hydrogen) atoms. The number of hydrogen-bond donors (Lipinski definition) is 1. The number of rotatable bonds is 11. The average molecular weight is 640 g/mol. The number of halogens is 2. The number of fused-ring (bicyclic) bond motifs is 1. The molecule has 3 aromatic rings. The zero-order valence-electron chi connectivity index (χ0n) is 26.5. The highest BCUT2D eigenvalue weighted by atomic mass is 35.5. The molecule has 1 saturated heterocycles. The van der Waals surface area contributed by atoms with Gasteiger partial charge in [-0.15, -0.1) is 12.4 Å². The van der Waals surface area contributed by atoms with E-state index in [1.54, 1.807) is 11.1 Å². The maximum absolute atomic E-state index is 14.3. The summed E-state index contributed by atoms with van der Waals surface area (Å²) in [5, 5.41) is 3.24. The lowest BCUT2D eigenvalue weighted by Crippen LogP contribution is -2.65. The van der Waals surface area contributed by atoms with E-state index in [1.807, 2.05) is 40.1 Å². The molecule has 0 unspecified atom stereocenters. The fourth-order valence-electron chi connectivity index (χ4n) is 6.77. The fraction of sp³-hybridized carbons (Fsp3) is 0.515. The highest BCUT2D eigenvalue weighted by Gasteiger charge is 2.54. The molecule has 0 radical (unpaired) electrons. The molecule has 2 aromatic heterocycles. The van der Waals surface area contributed by atoms with Gasteiger partial charge in [0.15, 0.2) is 11.6 Å². The van der Waals surface area contributed by atoms with Crippen molar-refractivity contribution in [2.75, 3.05) is 51.2 Å². The summed E-state index contributed by atoms with van der Waals surface area (Å²) in [4.78, 5) is 33.0. The molecule has 1 spiro atoms. The number of carbonyl (C=O) groups excluding carboxylic acids is 1. The van der Waals surface area contributed by atoms with E-state index in [0.29, 0.717) is 18.1 Å². The number of nitrogens with zero attached hydrogens (tertiary/aromatic N) is 6. The third kappa shape index (κ3) is 6.85. The largest absolute Gasteiger partial charge is 0.490 e. The Bertz CT molecular complexity index is 1490. The van der Waals surface area contributed by atoms with Crippen LogP contribution in [0.2, 0.25) is 0 Å². The van der Waals surface area contributed by atoms with E-state index in [4.69, 9.17) is 9.47 Å². The Morgan fingerprint density at radius 2 is 1.98 bits per heavy atom. The fourth-order valence-corrected chi connectivity index (χ4v) is 6.77. The van der Waals surface area contributed by atoms with Gasteiger partial charge in [-0.3, -0.25) is 14.7 Å². The van der Waals surface area contributed by atoms with Crippen molar-refractivity contribution in [3.63, 3.8) is 0 Å². The Labute approximate surface area is 270 Å². The van der Waals surface area contributed by atoms with Crippen LogP contribution in [0.4, 0.5) is 10.2 Å². The summed E-state index contributed by atoms with van der Waals surface area (Å²) in [6.07, 6.45) is 8.05. The van der Waals surface area contributed by atoms with Crippen LogP contribution in [0.5, 0.6) is 17.2 Å². The second-order valence-corrected chi connectivity index (χ2v) is 12.5. The summed E-state index contributed by atoms with van der Waals surface area (Å²) in [6, 6.07) is 6.01. The zero-order chi connectivity index (χ0) is 30.8. The average Bonchev–Trinajstić information content (AvgIpc) is 2.98. The predicted octanol–water partition coefficient (Wildman–Crippen LogP) is 4.72. The minimum Gasteiger partial charge on any atom is -0.490 e. The number of anilines is 1. The molecule has 2 fully saturated rings. The summed E-state index contributed by atoms with van der Waals surface area (Å²) in [6.45, 7) is 11.8. The molecule has 2 aliphatic heterocycles. The van der Waals surface area contributed by atoms with E-state index in [1.165, 1.54) is 30.1 Å². The molecule has 6 rings (SSSR count). The molecule has 0 bridgehead atoms. The number of aromatic nitrogens is 3. The molecule has 1 aliphatic carbocycles. The molecule has 10 nitrogen and oxygen atoms in total. The predicted molar refractivity (Wildman–Crippen MR) is 173 cm³/mol. The number of carbonyl (C=O) groups is 1. The first-order valence-electron chi connectivity index (χ1n) is 15.6. The molecule has 12 heteroatoms. The lowest BCUT2D eigenvalue weighted by atomic mass is 9.61. The second-order valence-electron chi connectivity index (χ2n) is 12.5. The van der Waals surface area contributed by atoms with Crippen LogP contribution in [0.1, 0.15) is 55.2 Å². The molecule has 1 aromatic carbocycles. The maximum Gasteiger partial charge on any atom is 0.257 e. The summed E-state index contributed by atoms with van der Waals surface area (Å²) in [5.74, 6) is 1.59. The highest BCUT2D eigenvalue weighted by molar-refractivity contribution is 5.97. The SMILES string of the molecule is CCN(C(=O)c1cc(F)ccc1Oc1cncnc1N1CC2(CC(Oc3ccnc4c3CN(CCNC)CC4)C2)C1)C(C)C.Cl. The third-order valence-corrected chi connectivity index (χ3v) is 9.07. The molecule has 0 atom stereocenters. The van der Waals surface area contributed by atoms with Gasteiger partial charge in [-0.1, -0.05) is 0 Å². The van der Waals surface area contributed by atoms with E-state index >= 15 is 0 Å². The van der Waals surface area contributed by atoms with Crippen LogP contribution >= 0.6 is 12.4 Å². The van der Waals surface area contributed by atoms with E-state index in [-0.39, 0.29) is 47.2 Å². The zero-order valence-corrected chi connectivity index (χ0v) is 27.3. The summed E-state index contributed by atoms with van der Waals surface area (Å²) < 4.78 is 27.0. The number of pyridine rings is 1. The number of amides is 1.